The number of hydrogen-bond acceptors (Lipinski definition) is 5. The number of piperidine rings is 1. The van der Waals surface area contributed by atoms with Crippen molar-refractivity contribution < 1.29 is 4.79 Å². The summed E-state index contributed by atoms with van der Waals surface area (Å²) in [4.78, 5) is 22.2. The number of halogens is 3. The number of amides is 1. The lowest BCUT2D eigenvalue weighted by molar-refractivity contribution is -0.115. The minimum atomic E-state index is -0.0515. The van der Waals surface area contributed by atoms with Crippen molar-refractivity contribution in [3.05, 3.63) is 52.6 Å². The highest BCUT2D eigenvalue weighted by molar-refractivity contribution is 7.15. The van der Waals surface area contributed by atoms with Crippen LogP contribution in [0.4, 0.5) is 5.82 Å². The normalized spacial score (nSPS) is 13.7. The summed E-state index contributed by atoms with van der Waals surface area (Å²) in [6.45, 7) is 3.87. The van der Waals surface area contributed by atoms with E-state index in [2.05, 4.69) is 15.6 Å². The van der Waals surface area contributed by atoms with E-state index in [0.717, 1.165) is 52.6 Å². The van der Waals surface area contributed by atoms with Gasteiger partial charge in [0.05, 0.1) is 15.6 Å². The molecule has 0 spiro atoms. The maximum absolute atomic E-state index is 11.8. The fourth-order valence-electron chi connectivity index (χ4n) is 3.48. The summed E-state index contributed by atoms with van der Waals surface area (Å²) < 4.78 is 0. The van der Waals surface area contributed by atoms with Gasteiger partial charge in [-0.1, -0.05) is 30.7 Å². The standard InChI is InChI=1S/C22H23ClN4OS.2ClH/c1-2-19(28)26-18-13-16(8-11-25-18)21-20(15-4-3-5-17(23)12-15)27-22(29-21)14-6-9-24-10-7-14;;/h3-5,8,11-14,24H,2,6-7,9-10H2,1H3,(H,25,26,28);2*1H. The van der Waals surface area contributed by atoms with E-state index in [0.29, 0.717) is 23.2 Å². The number of carbonyl (C=O) groups excluding carboxylic acids is 1. The van der Waals surface area contributed by atoms with Crippen LogP contribution < -0.4 is 10.6 Å². The van der Waals surface area contributed by atoms with E-state index in [1.807, 2.05) is 43.3 Å². The van der Waals surface area contributed by atoms with Crippen LogP contribution in [0.25, 0.3) is 21.7 Å². The zero-order valence-electron chi connectivity index (χ0n) is 17.1. The second-order valence-electron chi connectivity index (χ2n) is 7.10. The third kappa shape index (κ3) is 6.18. The van der Waals surface area contributed by atoms with Crippen molar-refractivity contribution >= 4 is 59.5 Å². The van der Waals surface area contributed by atoms with Crippen LogP contribution >= 0.6 is 47.8 Å². The van der Waals surface area contributed by atoms with Crippen LogP contribution in [0.1, 0.15) is 37.1 Å². The minimum absolute atomic E-state index is 0. The van der Waals surface area contributed by atoms with Crippen molar-refractivity contribution in [2.75, 3.05) is 18.4 Å². The van der Waals surface area contributed by atoms with Gasteiger partial charge in [0.1, 0.15) is 5.82 Å². The van der Waals surface area contributed by atoms with Crippen LogP contribution in [-0.4, -0.2) is 29.0 Å². The maximum Gasteiger partial charge on any atom is 0.225 e. The first-order chi connectivity index (χ1) is 14.1. The van der Waals surface area contributed by atoms with Crippen LogP contribution in [-0.2, 0) is 4.79 Å². The molecule has 1 aliphatic rings. The number of aromatic nitrogens is 2. The second kappa shape index (κ2) is 11.8. The highest BCUT2D eigenvalue weighted by atomic mass is 35.5. The molecule has 4 rings (SSSR count). The lowest BCUT2D eigenvalue weighted by Gasteiger charge is -2.20. The molecule has 3 heterocycles. The van der Waals surface area contributed by atoms with Gasteiger partial charge in [-0.25, -0.2) is 9.97 Å². The Balaban J connectivity index is 0.00000171. The average Bonchev–Trinajstić information content (AvgIpc) is 3.20. The molecule has 0 atom stereocenters. The Kier molecular flexibility index (Phi) is 9.72. The predicted octanol–water partition coefficient (Wildman–Crippen LogP) is 6.18. The van der Waals surface area contributed by atoms with Gasteiger partial charge in [-0.15, -0.1) is 36.2 Å². The molecule has 5 nitrogen and oxygen atoms in total. The molecule has 0 saturated carbocycles. The van der Waals surface area contributed by atoms with Gasteiger partial charge in [-0.2, -0.15) is 0 Å². The zero-order valence-corrected chi connectivity index (χ0v) is 20.3. The van der Waals surface area contributed by atoms with Crippen molar-refractivity contribution in [1.82, 2.24) is 15.3 Å². The molecule has 166 valence electrons. The summed E-state index contributed by atoms with van der Waals surface area (Å²) >= 11 is 7.99. The summed E-state index contributed by atoms with van der Waals surface area (Å²) in [6, 6.07) is 11.7. The van der Waals surface area contributed by atoms with E-state index in [-0.39, 0.29) is 30.7 Å². The molecular formula is C22H25Cl3N4OS. The molecule has 2 aromatic heterocycles. The number of carbonyl (C=O) groups is 1. The Morgan fingerprint density at radius 1 is 1.19 bits per heavy atom. The molecular weight excluding hydrogens is 475 g/mol. The first kappa shape index (κ1) is 25.6. The van der Waals surface area contributed by atoms with Gasteiger partial charge in [-0.3, -0.25) is 4.79 Å². The Bertz CT molecular complexity index is 1020. The molecule has 1 saturated heterocycles. The van der Waals surface area contributed by atoms with Crippen molar-refractivity contribution in [2.24, 2.45) is 0 Å². The molecule has 2 N–H and O–H groups in total. The molecule has 3 aromatic rings. The van der Waals surface area contributed by atoms with Crippen LogP contribution in [0.15, 0.2) is 42.6 Å². The molecule has 0 bridgehead atoms. The molecule has 1 fully saturated rings. The fraction of sp³-hybridized carbons (Fsp3) is 0.318. The topological polar surface area (TPSA) is 66.9 Å². The maximum atomic E-state index is 11.8. The second-order valence-corrected chi connectivity index (χ2v) is 8.56. The first-order valence-electron chi connectivity index (χ1n) is 9.87. The Hall–Kier alpha value is -1.70. The van der Waals surface area contributed by atoms with Crippen LogP contribution in [0.3, 0.4) is 0 Å². The molecule has 9 heteroatoms. The van der Waals surface area contributed by atoms with E-state index in [9.17, 15) is 4.79 Å². The molecule has 0 aliphatic carbocycles. The fourth-order valence-corrected chi connectivity index (χ4v) is 4.92. The van der Waals surface area contributed by atoms with Gasteiger partial charge in [0, 0.05) is 29.1 Å². The molecule has 31 heavy (non-hydrogen) atoms. The van der Waals surface area contributed by atoms with Crippen molar-refractivity contribution in [3.8, 4) is 21.7 Å². The van der Waals surface area contributed by atoms with Gasteiger partial charge in [0.2, 0.25) is 5.91 Å². The Labute approximate surface area is 203 Å². The Morgan fingerprint density at radius 3 is 2.68 bits per heavy atom. The van der Waals surface area contributed by atoms with E-state index in [1.165, 1.54) is 0 Å². The monoisotopic (exact) mass is 498 g/mol. The number of benzene rings is 1. The zero-order chi connectivity index (χ0) is 20.2. The summed E-state index contributed by atoms with van der Waals surface area (Å²) in [6.07, 6.45) is 4.33. The number of thiazole rings is 1. The number of anilines is 1. The average molecular weight is 500 g/mol. The first-order valence-corrected chi connectivity index (χ1v) is 11.1. The summed E-state index contributed by atoms with van der Waals surface area (Å²) in [5.41, 5.74) is 2.93. The highest BCUT2D eigenvalue weighted by Gasteiger charge is 2.23. The smallest absolute Gasteiger partial charge is 0.225 e. The van der Waals surface area contributed by atoms with Gasteiger partial charge in [0.25, 0.3) is 0 Å². The number of hydrogen-bond donors (Lipinski definition) is 2. The SMILES string of the molecule is CCC(=O)Nc1cc(-c2sc(C3CCNCC3)nc2-c2cccc(Cl)c2)ccn1.Cl.Cl. The minimum Gasteiger partial charge on any atom is -0.317 e. The quantitative estimate of drug-likeness (QED) is 0.439. The summed E-state index contributed by atoms with van der Waals surface area (Å²) in [5, 5.41) is 8.11. The summed E-state index contributed by atoms with van der Waals surface area (Å²) in [7, 11) is 0. The van der Waals surface area contributed by atoms with E-state index >= 15 is 0 Å². The molecule has 1 aliphatic heterocycles. The van der Waals surface area contributed by atoms with Crippen molar-refractivity contribution in [3.63, 3.8) is 0 Å². The van der Waals surface area contributed by atoms with E-state index in [1.54, 1.807) is 17.5 Å². The lowest BCUT2D eigenvalue weighted by Crippen LogP contribution is -2.26. The van der Waals surface area contributed by atoms with Crippen LogP contribution in [0, 0.1) is 0 Å². The van der Waals surface area contributed by atoms with Crippen LogP contribution in [0.5, 0.6) is 0 Å². The molecule has 1 amide bonds. The largest absolute Gasteiger partial charge is 0.317 e. The third-order valence-corrected chi connectivity index (χ3v) is 6.54. The van der Waals surface area contributed by atoms with E-state index < -0.39 is 0 Å². The van der Waals surface area contributed by atoms with Crippen LogP contribution in [0.2, 0.25) is 5.02 Å². The third-order valence-electron chi connectivity index (χ3n) is 5.04. The molecule has 0 unspecified atom stereocenters. The summed E-state index contributed by atoms with van der Waals surface area (Å²) in [5.74, 6) is 0.974. The number of nitrogens with one attached hydrogen (secondary N) is 2. The van der Waals surface area contributed by atoms with Crippen molar-refractivity contribution in [2.45, 2.75) is 32.1 Å². The predicted molar refractivity (Wildman–Crippen MR) is 134 cm³/mol. The Morgan fingerprint density at radius 2 is 1.97 bits per heavy atom. The molecule has 1 aromatic carbocycles. The van der Waals surface area contributed by atoms with Gasteiger partial charge >= 0.3 is 0 Å². The number of rotatable bonds is 5. The van der Waals surface area contributed by atoms with Crippen molar-refractivity contribution in [1.29, 1.82) is 0 Å². The van der Waals surface area contributed by atoms with Gasteiger partial charge in [0.15, 0.2) is 0 Å². The molecule has 0 radical (unpaired) electrons. The van der Waals surface area contributed by atoms with E-state index in [4.69, 9.17) is 16.6 Å². The number of nitrogens with zero attached hydrogens (tertiary/aromatic N) is 2. The number of pyridine rings is 1. The van der Waals surface area contributed by atoms with Gasteiger partial charge < -0.3 is 10.6 Å². The lowest BCUT2D eigenvalue weighted by atomic mass is 9.99. The highest BCUT2D eigenvalue weighted by Crippen LogP contribution is 2.41. The van der Waals surface area contributed by atoms with Gasteiger partial charge in [-0.05, 0) is 55.8 Å².